The highest BCUT2D eigenvalue weighted by molar-refractivity contribution is 5.79. The van der Waals surface area contributed by atoms with Crippen LogP contribution in [-0.4, -0.2) is 39.3 Å². The molecule has 0 saturated heterocycles. The highest BCUT2D eigenvalue weighted by atomic mass is 16.5. The molecule has 1 aliphatic carbocycles. The molecule has 0 unspecified atom stereocenters. The van der Waals surface area contributed by atoms with Crippen LogP contribution in [0.1, 0.15) is 64.7 Å². The van der Waals surface area contributed by atoms with Crippen molar-refractivity contribution in [3.63, 3.8) is 0 Å². The number of hydrogen-bond acceptors (Lipinski definition) is 6. The van der Waals surface area contributed by atoms with E-state index in [0.29, 0.717) is 35.5 Å². The van der Waals surface area contributed by atoms with Crippen molar-refractivity contribution < 1.29 is 19.3 Å². The van der Waals surface area contributed by atoms with Gasteiger partial charge in [-0.1, -0.05) is 69.8 Å². The first-order chi connectivity index (χ1) is 14.8. The Kier molecular flexibility index (Phi) is 7.43. The number of carbonyl (C=O) groups excluding carboxylic acids is 2. The van der Waals surface area contributed by atoms with Crippen LogP contribution in [0, 0.1) is 17.3 Å². The maximum Gasteiger partial charge on any atom is 0.257 e. The standard InChI is InChI=1S/C23H32N4O4/c1-23(2,3)19(20-25-22(31-26-20)17-11-5-4-6-12-17)24-21(29)18(14-27(30)15-28)13-16-9-7-8-10-16/h4-6,11-12,15-16,18-19,30H,7-10,13-14H2,1-3H3,(H,24,29)/t18-,19-/m1/s1. The fraction of sp³-hybridized carbons (Fsp3) is 0.565. The van der Waals surface area contributed by atoms with Crippen LogP contribution in [0.15, 0.2) is 34.9 Å². The summed E-state index contributed by atoms with van der Waals surface area (Å²) in [7, 11) is 0. The molecule has 2 N–H and O–H groups in total. The Labute approximate surface area is 183 Å². The minimum absolute atomic E-state index is 0.0375. The molecule has 168 valence electrons. The molecule has 1 aliphatic rings. The average molecular weight is 429 g/mol. The van der Waals surface area contributed by atoms with Gasteiger partial charge in [-0.15, -0.1) is 0 Å². The van der Waals surface area contributed by atoms with Gasteiger partial charge in [0.2, 0.25) is 12.3 Å². The summed E-state index contributed by atoms with van der Waals surface area (Å²) in [4.78, 5) is 28.7. The summed E-state index contributed by atoms with van der Waals surface area (Å²) in [5.74, 6) is 0.487. The Hall–Kier alpha value is -2.74. The summed E-state index contributed by atoms with van der Waals surface area (Å²) in [6.45, 7) is 5.94. The zero-order valence-corrected chi connectivity index (χ0v) is 18.5. The third kappa shape index (κ3) is 6.13. The molecule has 1 heterocycles. The third-order valence-electron chi connectivity index (χ3n) is 5.87. The first-order valence-electron chi connectivity index (χ1n) is 10.9. The number of benzene rings is 1. The molecule has 3 rings (SSSR count). The van der Waals surface area contributed by atoms with Gasteiger partial charge in [-0.05, 0) is 29.9 Å². The van der Waals surface area contributed by atoms with Crippen LogP contribution in [0.4, 0.5) is 0 Å². The molecule has 0 bridgehead atoms. The molecule has 2 aromatic rings. The van der Waals surface area contributed by atoms with E-state index < -0.39 is 12.0 Å². The van der Waals surface area contributed by atoms with E-state index >= 15 is 0 Å². The van der Waals surface area contributed by atoms with E-state index in [1.165, 1.54) is 0 Å². The number of nitrogens with one attached hydrogen (secondary N) is 1. The van der Waals surface area contributed by atoms with Crippen molar-refractivity contribution in [3.8, 4) is 11.5 Å². The lowest BCUT2D eigenvalue weighted by molar-refractivity contribution is -0.155. The van der Waals surface area contributed by atoms with Crippen LogP contribution in [-0.2, 0) is 9.59 Å². The molecule has 1 aromatic carbocycles. The second-order valence-corrected chi connectivity index (χ2v) is 9.44. The topological polar surface area (TPSA) is 109 Å². The van der Waals surface area contributed by atoms with Crippen molar-refractivity contribution >= 4 is 12.3 Å². The quantitative estimate of drug-likeness (QED) is 0.355. The second kappa shape index (κ2) is 10.0. The Morgan fingerprint density at radius 1 is 1.29 bits per heavy atom. The van der Waals surface area contributed by atoms with Gasteiger partial charge in [0.15, 0.2) is 5.82 Å². The maximum absolute atomic E-state index is 13.2. The largest absolute Gasteiger partial charge is 0.345 e. The maximum atomic E-state index is 13.2. The zero-order valence-electron chi connectivity index (χ0n) is 18.5. The highest BCUT2D eigenvalue weighted by Crippen LogP contribution is 2.34. The second-order valence-electron chi connectivity index (χ2n) is 9.44. The van der Waals surface area contributed by atoms with Crippen molar-refractivity contribution in [1.29, 1.82) is 0 Å². The number of rotatable bonds is 9. The first-order valence-corrected chi connectivity index (χ1v) is 10.9. The minimum Gasteiger partial charge on any atom is -0.345 e. The molecule has 8 heteroatoms. The Morgan fingerprint density at radius 3 is 2.58 bits per heavy atom. The highest BCUT2D eigenvalue weighted by Gasteiger charge is 2.35. The molecule has 1 saturated carbocycles. The third-order valence-corrected chi connectivity index (χ3v) is 5.87. The van der Waals surface area contributed by atoms with Crippen LogP contribution < -0.4 is 5.32 Å². The number of amides is 2. The van der Waals surface area contributed by atoms with Crippen LogP contribution in [0.5, 0.6) is 0 Å². The van der Waals surface area contributed by atoms with Gasteiger partial charge < -0.3 is 9.84 Å². The smallest absolute Gasteiger partial charge is 0.257 e. The molecule has 0 radical (unpaired) electrons. The summed E-state index contributed by atoms with van der Waals surface area (Å²) >= 11 is 0. The van der Waals surface area contributed by atoms with Gasteiger partial charge in [0.1, 0.15) is 0 Å². The summed E-state index contributed by atoms with van der Waals surface area (Å²) in [6, 6.07) is 8.97. The van der Waals surface area contributed by atoms with E-state index in [2.05, 4.69) is 15.5 Å². The van der Waals surface area contributed by atoms with Gasteiger partial charge in [-0.25, -0.2) is 5.06 Å². The van der Waals surface area contributed by atoms with Crippen molar-refractivity contribution in [2.24, 2.45) is 17.3 Å². The van der Waals surface area contributed by atoms with E-state index in [1.807, 2.05) is 51.1 Å². The lowest BCUT2D eigenvalue weighted by Gasteiger charge is -2.31. The molecule has 0 spiro atoms. The van der Waals surface area contributed by atoms with E-state index in [0.717, 1.165) is 31.2 Å². The molecular formula is C23H32N4O4. The summed E-state index contributed by atoms with van der Waals surface area (Å²) in [5, 5.41) is 17.5. The van der Waals surface area contributed by atoms with Crippen LogP contribution in [0.25, 0.3) is 11.5 Å². The molecular weight excluding hydrogens is 396 g/mol. The molecule has 2 amide bonds. The summed E-state index contributed by atoms with van der Waals surface area (Å²) in [6.07, 6.45) is 5.43. The van der Waals surface area contributed by atoms with Gasteiger partial charge in [-0.3, -0.25) is 14.8 Å². The molecule has 2 atom stereocenters. The van der Waals surface area contributed by atoms with Gasteiger partial charge in [0.25, 0.3) is 5.89 Å². The van der Waals surface area contributed by atoms with E-state index in [9.17, 15) is 14.8 Å². The first kappa shape index (κ1) is 22.9. The molecule has 8 nitrogen and oxygen atoms in total. The SMILES string of the molecule is CC(C)(C)[C@H](NC(=O)[C@H](CC1CCCC1)CN(O)C=O)c1noc(-c2ccccc2)n1. The minimum atomic E-state index is -0.511. The van der Waals surface area contributed by atoms with Crippen LogP contribution >= 0.6 is 0 Å². The molecule has 0 aliphatic heterocycles. The fourth-order valence-electron chi connectivity index (χ4n) is 4.16. The van der Waals surface area contributed by atoms with Gasteiger partial charge in [0.05, 0.1) is 18.5 Å². The van der Waals surface area contributed by atoms with Crippen molar-refractivity contribution in [1.82, 2.24) is 20.5 Å². The van der Waals surface area contributed by atoms with Crippen LogP contribution in [0.2, 0.25) is 0 Å². The molecule has 31 heavy (non-hydrogen) atoms. The average Bonchev–Trinajstić information content (AvgIpc) is 3.43. The predicted molar refractivity (Wildman–Crippen MR) is 115 cm³/mol. The van der Waals surface area contributed by atoms with E-state index in [1.54, 1.807) is 0 Å². The number of hydroxylamine groups is 2. The zero-order chi connectivity index (χ0) is 22.4. The fourth-order valence-corrected chi connectivity index (χ4v) is 4.16. The van der Waals surface area contributed by atoms with Crippen molar-refractivity contribution in [3.05, 3.63) is 36.2 Å². The molecule has 1 aromatic heterocycles. The van der Waals surface area contributed by atoms with E-state index in [4.69, 9.17) is 4.52 Å². The monoisotopic (exact) mass is 428 g/mol. The molecule has 1 fully saturated rings. The predicted octanol–water partition coefficient (Wildman–Crippen LogP) is 3.98. The summed E-state index contributed by atoms with van der Waals surface area (Å²) < 4.78 is 5.45. The Bertz CT molecular complexity index is 856. The number of nitrogens with zero attached hydrogens (tertiary/aromatic N) is 3. The number of aromatic nitrogens is 2. The number of hydrogen-bond donors (Lipinski definition) is 2. The summed E-state index contributed by atoms with van der Waals surface area (Å²) in [5.41, 5.74) is 0.427. The van der Waals surface area contributed by atoms with Gasteiger partial charge in [-0.2, -0.15) is 4.98 Å². The van der Waals surface area contributed by atoms with Crippen molar-refractivity contribution in [2.75, 3.05) is 6.54 Å². The Morgan fingerprint density at radius 2 is 1.97 bits per heavy atom. The normalized spacial score (nSPS) is 16.6. The van der Waals surface area contributed by atoms with E-state index in [-0.39, 0.29) is 17.9 Å². The van der Waals surface area contributed by atoms with Gasteiger partial charge >= 0.3 is 0 Å². The Balaban J connectivity index is 1.79. The van der Waals surface area contributed by atoms with Crippen LogP contribution in [0.3, 0.4) is 0 Å². The van der Waals surface area contributed by atoms with Crippen molar-refractivity contribution in [2.45, 2.75) is 58.9 Å². The lowest BCUT2D eigenvalue weighted by atomic mass is 9.85. The lowest BCUT2D eigenvalue weighted by Crippen LogP contribution is -2.43. The van der Waals surface area contributed by atoms with Gasteiger partial charge in [0, 0.05) is 5.56 Å². The number of carbonyl (C=O) groups is 2.